The van der Waals surface area contributed by atoms with Gasteiger partial charge >= 0.3 is 0 Å². The van der Waals surface area contributed by atoms with Gasteiger partial charge in [-0.25, -0.2) is 4.39 Å². The van der Waals surface area contributed by atoms with Gasteiger partial charge in [-0.3, -0.25) is 4.99 Å². The highest BCUT2D eigenvalue weighted by molar-refractivity contribution is 9.10. The molecule has 2 aliphatic heterocycles. The van der Waals surface area contributed by atoms with Gasteiger partial charge in [0.1, 0.15) is 11.7 Å². The SMILES string of the molecule is COC(CN=C1NC2CC(C2)c2cc(F)c(Br)cc21)OC. The van der Waals surface area contributed by atoms with E-state index in [1.54, 1.807) is 20.3 Å². The predicted molar refractivity (Wildman–Crippen MR) is 82.2 cm³/mol. The zero-order valence-electron chi connectivity index (χ0n) is 12.0. The molecule has 1 aliphatic carbocycles. The molecule has 0 spiro atoms. The number of halogens is 2. The van der Waals surface area contributed by atoms with E-state index in [2.05, 4.69) is 26.2 Å². The Balaban J connectivity index is 1.96. The van der Waals surface area contributed by atoms with Crippen LogP contribution in [0.5, 0.6) is 0 Å². The van der Waals surface area contributed by atoms with Crippen molar-refractivity contribution in [3.05, 3.63) is 33.5 Å². The van der Waals surface area contributed by atoms with Gasteiger partial charge in [0.15, 0.2) is 6.29 Å². The molecule has 114 valence electrons. The first-order valence-corrected chi connectivity index (χ1v) is 7.77. The van der Waals surface area contributed by atoms with E-state index >= 15 is 0 Å². The van der Waals surface area contributed by atoms with Crippen molar-refractivity contribution >= 4 is 21.8 Å². The molecule has 1 aromatic carbocycles. The fraction of sp³-hybridized carbons (Fsp3) is 0.533. The molecule has 21 heavy (non-hydrogen) atoms. The number of hydrogen-bond acceptors (Lipinski definition) is 3. The standard InChI is InChI=1S/C15H18BrFN2O2/c1-20-14(21-2)7-18-15-11-5-12(16)13(17)6-10(11)8-3-9(4-8)19-15/h5-6,8-9,14H,3-4,7H2,1-2H3,(H,18,19). The molecule has 4 nitrogen and oxygen atoms in total. The lowest BCUT2D eigenvalue weighted by molar-refractivity contribution is -0.0937. The molecule has 0 radical (unpaired) electrons. The quantitative estimate of drug-likeness (QED) is 0.843. The molecular formula is C15H18BrFN2O2. The Kier molecular flexibility index (Phi) is 4.28. The largest absolute Gasteiger partial charge is 0.367 e. The fourth-order valence-corrected chi connectivity index (χ4v) is 3.25. The van der Waals surface area contributed by atoms with Gasteiger partial charge in [0.05, 0.1) is 11.0 Å². The third-order valence-electron chi connectivity index (χ3n) is 4.19. The summed E-state index contributed by atoms with van der Waals surface area (Å²) in [5.74, 6) is 1.01. The Morgan fingerprint density at radius 1 is 1.38 bits per heavy atom. The number of methoxy groups -OCH3 is 2. The molecule has 0 unspecified atom stereocenters. The molecule has 0 atom stereocenters. The van der Waals surface area contributed by atoms with E-state index < -0.39 is 0 Å². The van der Waals surface area contributed by atoms with Crippen LogP contribution in [-0.4, -0.2) is 38.9 Å². The molecular weight excluding hydrogens is 339 g/mol. The van der Waals surface area contributed by atoms with Gasteiger partial charge in [0, 0.05) is 25.8 Å². The highest BCUT2D eigenvalue weighted by Crippen LogP contribution is 2.42. The van der Waals surface area contributed by atoms with Crippen LogP contribution < -0.4 is 5.32 Å². The van der Waals surface area contributed by atoms with Crippen molar-refractivity contribution in [2.24, 2.45) is 4.99 Å². The number of rotatable bonds is 4. The highest BCUT2D eigenvalue weighted by Gasteiger charge is 2.37. The van der Waals surface area contributed by atoms with Crippen LogP contribution in [0.2, 0.25) is 0 Å². The first kappa shape index (κ1) is 14.9. The van der Waals surface area contributed by atoms with Gasteiger partial charge in [-0.05, 0) is 52.4 Å². The molecule has 1 saturated carbocycles. The summed E-state index contributed by atoms with van der Waals surface area (Å²) in [6.07, 6.45) is 1.70. The Morgan fingerprint density at radius 2 is 2.10 bits per heavy atom. The molecule has 1 N–H and O–H groups in total. The molecule has 0 aromatic heterocycles. The van der Waals surface area contributed by atoms with Crippen LogP contribution in [0.25, 0.3) is 0 Å². The van der Waals surface area contributed by atoms with Gasteiger partial charge in [-0.15, -0.1) is 0 Å². The second-order valence-electron chi connectivity index (χ2n) is 5.45. The minimum atomic E-state index is -0.370. The first-order valence-electron chi connectivity index (χ1n) is 6.98. The summed E-state index contributed by atoms with van der Waals surface area (Å²) in [7, 11) is 3.18. The Labute approximate surface area is 131 Å². The Bertz CT molecular complexity index is 569. The summed E-state index contributed by atoms with van der Waals surface area (Å²) in [5.41, 5.74) is 2.02. The molecule has 4 rings (SSSR count). The molecule has 2 bridgehead atoms. The van der Waals surface area contributed by atoms with Gasteiger partial charge in [0.2, 0.25) is 0 Å². The molecule has 2 heterocycles. The van der Waals surface area contributed by atoms with Gasteiger partial charge in [0.25, 0.3) is 0 Å². The lowest BCUT2D eigenvalue weighted by Gasteiger charge is -2.33. The third-order valence-corrected chi connectivity index (χ3v) is 4.80. The van der Waals surface area contributed by atoms with E-state index in [0.717, 1.165) is 29.8 Å². The lowest BCUT2D eigenvalue weighted by atomic mass is 9.76. The van der Waals surface area contributed by atoms with Gasteiger partial charge in [-0.1, -0.05) is 0 Å². The van der Waals surface area contributed by atoms with Crippen LogP contribution in [0.15, 0.2) is 21.6 Å². The van der Waals surface area contributed by atoms with Crippen LogP contribution in [0.4, 0.5) is 4.39 Å². The molecule has 3 aliphatic rings. The topological polar surface area (TPSA) is 42.8 Å². The van der Waals surface area contributed by atoms with Crippen molar-refractivity contribution in [2.45, 2.75) is 31.1 Å². The molecule has 1 aromatic rings. The van der Waals surface area contributed by atoms with E-state index in [-0.39, 0.29) is 12.1 Å². The first-order chi connectivity index (χ1) is 10.1. The van der Waals surface area contributed by atoms with E-state index in [4.69, 9.17) is 9.47 Å². The van der Waals surface area contributed by atoms with E-state index in [1.807, 2.05) is 6.07 Å². The van der Waals surface area contributed by atoms with E-state index in [0.29, 0.717) is 23.0 Å². The molecule has 0 saturated heterocycles. The normalized spacial score (nSPS) is 25.3. The maximum Gasteiger partial charge on any atom is 0.176 e. The minimum Gasteiger partial charge on any atom is -0.367 e. The zero-order valence-corrected chi connectivity index (χ0v) is 13.6. The highest BCUT2D eigenvalue weighted by atomic mass is 79.9. The van der Waals surface area contributed by atoms with Crippen molar-refractivity contribution in [3.8, 4) is 0 Å². The predicted octanol–water partition coefficient (Wildman–Crippen LogP) is 2.80. The summed E-state index contributed by atoms with van der Waals surface area (Å²) in [6, 6.07) is 3.87. The molecule has 1 fully saturated rings. The van der Waals surface area contributed by atoms with Crippen molar-refractivity contribution in [2.75, 3.05) is 20.8 Å². The summed E-state index contributed by atoms with van der Waals surface area (Å²) in [4.78, 5) is 4.59. The summed E-state index contributed by atoms with van der Waals surface area (Å²) >= 11 is 3.26. The maximum atomic E-state index is 13.8. The minimum absolute atomic E-state index is 0.217. The number of ether oxygens (including phenoxy) is 2. The van der Waals surface area contributed by atoms with Crippen LogP contribution >= 0.6 is 15.9 Å². The van der Waals surface area contributed by atoms with Crippen LogP contribution in [-0.2, 0) is 9.47 Å². The van der Waals surface area contributed by atoms with Crippen molar-refractivity contribution < 1.29 is 13.9 Å². The second-order valence-corrected chi connectivity index (χ2v) is 6.31. The lowest BCUT2D eigenvalue weighted by Crippen LogP contribution is -2.40. The molecule has 0 amide bonds. The average molecular weight is 357 g/mol. The Hall–Kier alpha value is -0.980. The third kappa shape index (κ3) is 2.84. The van der Waals surface area contributed by atoms with Gasteiger partial charge in [-0.2, -0.15) is 0 Å². The van der Waals surface area contributed by atoms with E-state index in [1.165, 1.54) is 0 Å². The van der Waals surface area contributed by atoms with Crippen LogP contribution in [0, 0.1) is 5.82 Å². The van der Waals surface area contributed by atoms with Crippen molar-refractivity contribution in [1.29, 1.82) is 0 Å². The number of amidine groups is 1. The van der Waals surface area contributed by atoms with Crippen LogP contribution in [0.3, 0.4) is 0 Å². The number of aliphatic imine (C=N–C) groups is 1. The zero-order chi connectivity index (χ0) is 15.0. The average Bonchev–Trinajstić information content (AvgIpc) is 2.65. The van der Waals surface area contributed by atoms with Crippen LogP contribution in [0.1, 0.15) is 29.9 Å². The summed E-state index contributed by atoms with van der Waals surface area (Å²) in [6.45, 7) is 0.404. The summed E-state index contributed by atoms with van der Waals surface area (Å²) in [5, 5.41) is 3.45. The Morgan fingerprint density at radius 3 is 2.76 bits per heavy atom. The smallest absolute Gasteiger partial charge is 0.176 e. The van der Waals surface area contributed by atoms with E-state index in [9.17, 15) is 4.39 Å². The number of hydrogen-bond donors (Lipinski definition) is 1. The fourth-order valence-electron chi connectivity index (χ4n) is 2.91. The van der Waals surface area contributed by atoms with Crippen molar-refractivity contribution in [3.63, 3.8) is 0 Å². The number of nitrogens with one attached hydrogen (secondary N) is 1. The van der Waals surface area contributed by atoms with Gasteiger partial charge < -0.3 is 14.8 Å². The summed E-state index contributed by atoms with van der Waals surface area (Å²) < 4.78 is 24.6. The monoisotopic (exact) mass is 356 g/mol. The molecule has 6 heteroatoms. The number of benzene rings is 1. The second kappa shape index (κ2) is 6.02. The van der Waals surface area contributed by atoms with Crippen molar-refractivity contribution in [1.82, 2.24) is 5.32 Å². The number of fused-ring (bicyclic) bond motifs is 1. The number of nitrogens with zero attached hydrogens (tertiary/aromatic N) is 1. The maximum absolute atomic E-state index is 13.8.